The second kappa shape index (κ2) is 6.14. The van der Waals surface area contributed by atoms with E-state index in [4.69, 9.17) is 23.2 Å². The largest absolute Gasteiger partial charge is 0.387 e. The Balaban J connectivity index is 2.23. The van der Waals surface area contributed by atoms with Gasteiger partial charge in [-0.15, -0.1) is 11.3 Å². The zero-order chi connectivity index (χ0) is 14.2. The number of hydrogen-bond acceptors (Lipinski definition) is 3. The summed E-state index contributed by atoms with van der Waals surface area (Å²) >= 11 is 17.0. The molecule has 1 N–H and O–H groups in total. The van der Waals surface area contributed by atoms with E-state index in [2.05, 4.69) is 21.0 Å². The van der Waals surface area contributed by atoms with Gasteiger partial charge in [-0.25, -0.2) is 0 Å². The van der Waals surface area contributed by atoms with Gasteiger partial charge in [-0.2, -0.15) is 5.10 Å². The van der Waals surface area contributed by atoms with E-state index in [0.29, 0.717) is 15.8 Å². The molecule has 7 heteroatoms. The van der Waals surface area contributed by atoms with E-state index in [1.807, 2.05) is 20.0 Å². The Morgan fingerprint density at radius 2 is 2.21 bits per heavy atom. The normalized spacial score (nSPS) is 12.9. The summed E-state index contributed by atoms with van der Waals surface area (Å²) in [7, 11) is 1.84. The van der Waals surface area contributed by atoms with Crippen molar-refractivity contribution in [3.8, 4) is 0 Å². The minimum Gasteiger partial charge on any atom is -0.387 e. The van der Waals surface area contributed by atoms with E-state index >= 15 is 0 Å². The highest BCUT2D eigenvalue weighted by molar-refractivity contribution is 9.10. The highest BCUT2D eigenvalue weighted by Crippen LogP contribution is 2.37. The quantitative estimate of drug-likeness (QED) is 0.850. The van der Waals surface area contributed by atoms with E-state index < -0.39 is 6.10 Å². The predicted octanol–water partition coefficient (Wildman–Crippen LogP) is 4.39. The summed E-state index contributed by atoms with van der Waals surface area (Å²) in [6.07, 6.45) is 0.566. The van der Waals surface area contributed by atoms with Crippen molar-refractivity contribution in [2.24, 2.45) is 7.05 Å². The van der Waals surface area contributed by atoms with E-state index in [0.717, 1.165) is 27.2 Å². The summed E-state index contributed by atoms with van der Waals surface area (Å²) in [6, 6.07) is 1.84. The first kappa shape index (κ1) is 15.3. The molecule has 0 fully saturated rings. The van der Waals surface area contributed by atoms with Crippen molar-refractivity contribution < 1.29 is 5.11 Å². The van der Waals surface area contributed by atoms with E-state index in [1.165, 1.54) is 11.3 Å². The van der Waals surface area contributed by atoms with Crippen LogP contribution < -0.4 is 0 Å². The minimum atomic E-state index is -0.633. The second-order valence-electron chi connectivity index (χ2n) is 4.17. The van der Waals surface area contributed by atoms with Crippen LogP contribution in [-0.4, -0.2) is 14.9 Å². The number of thiophene rings is 1. The zero-order valence-corrected chi connectivity index (χ0v) is 14.4. The Morgan fingerprint density at radius 1 is 1.53 bits per heavy atom. The third-order valence-corrected chi connectivity index (χ3v) is 5.89. The maximum Gasteiger partial charge on any atom is 0.107 e. The summed E-state index contributed by atoms with van der Waals surface area (Å²) < 4.78 is 3.17. The van der Waals surface area contributed by atoms with Crippen LogP contribution >= 0.6 is 50.5 Å². The van der Waals surface area contributed by atoms with Crippen molar-refractivity contribution in [3.05, 3.63) is 36.2 Å². The lowest BCUT2D eigenvalue weighted by Crippen LogP contribution is -2.05. The molecule has 0 aromatic carbocycles. The summed E-state index contributed by atoms with van der Waals surface area (Å²) in [5.74, 6) is 0. The molecule has 0 saturated heterocycles. The van der Waals surface area contributed by atoms with Gasteiger partial charge in [-0.1, -0.05) is 30.1 Å². The fourth-order valence-electron chi connectivity index (χ4n) is 1.85. The van der Waals surface area contributed by atoms with Crippen molar-refractivity contribution in [2.45, 2.75) is 25.9 Å². The Hall–Kier alpha value is -0.0700. The number of aliphatic hydroxyl groups is 1. The van der Waals surface area contributed by atoms with Crippen LogP contribution in [0.5, 0.6) is 0 Å². The molecule has 1 unspecified atom stereocenters. The molecule has 104 valence electrons. The van der Waals surface area contributed by atoms with Crippen LogP contribution in [0.25, 0.3) is 0 Å². The second-order valence-corrected chi connectivity index (χ2v) is 7.09. The molecule has 19 heavy (non-hydrogen) atoms. The van der Waals surface area contributed by atoms with Crippen LogP contribution in [0.15, 0.2) is 10.5 Å². The Labute approximate surface area is 134 Å². The van der Waals surface area contributed by atoms with Crippen molar-refractivity contribution in [1.82, 2.24) is 9.78 Å². The van der Waals surface area contributed by atoms with Crippen molar-refractivity contribution in [1.29, 1.82) is 0 Å². The minimum absolute atomic E-state index is 0.422. The van der Waals surface area contributed by atoms with Crippen molar-refractivity contribution in [2.75, 3.05) is 0 Å². The molecule has 0 aliphatic rings. The van der Waals surface area contributed by atoms with Gasteiger partial charge in [0, 0.05) is 22.8 Å². The molecule has 2 aromatic heterocycles. The lowest BCUT2D eigenvalue weighted by Gasteiger charge is -2.09. The lowest BCUT2D eigenvalue weighted by molar-refractivity contribution is 0.179. The molecule has 0 aliphatic heterocycles. The van der Waals surface area contributed by atoms with Crippen LogP contribution in [-0.2, 0) is 19.9 Å². The molecule has 2 rings (SSSR count). The van der Waals surface area contributed by atoms with Gasteiger partial charge in [0.1, 0.15) is 4.34 Å². The Morgan fingerprint density at radius 3 is 2.68 bits per heavy atom. The highest BCUT2D eigenvalue weighted by atomic mass is 79.9. The fraction of sp³-hybridized carbons (Fsp3) is 0.417. The monoisotopic (exact) mass is 382 g/mol. The number of halogens is 3. The van der Waals surface area contributed by atoms with Gasteiger partial charge < -0.3 is 5.11 Å². The topological polar surface area (TPSA) is 38.0 Å². The first-order chi connectivity index (χ1) is 8.93. The van der Waals surface area contributed by atoms with Crippen LogP contribution in [0, 0.1) is 0 Å². The molecule has 3 nitrogen and oxygen atoms in total. The van der Waals surface area contributed by atoms with Crippen LogP contribution in [0.4, 0.5) is 0 Å². The highest BCUT2D eigenvalue weighted by Gasteiger charge is 2.19. The smallest absolute Gasteiger partial charge is 0.107 e. The standard InChI is InChI=1S/C12H13BrCl2N2OS/c1-3-7-11(14)8(17(2)16-7)5-9(18)10-4-6(13)12(15)19-10/h4,9,18H,3,5H2,1-2H3. The van der Waals surface area contributed by atoms with Crippen molar-refractivity contribution >= 4 is 50.5 Å². The lowest BCUT2D eigenvalue weighted by atomic mass is 10.1. The Bertz CT molecular complexity index is 577. The number of aromatic nitrogens is 2. The molecule has 2 aromatic rings. The molecule has 0 bridgehead atoms. The third kappa shape index (κ3) is 3.16. The first-order valence-electron chi connectivity index (χ1n) is 5.77. The van der Waals surface area contributed by atoms with Gasteiger partial charge >= 0.3 is 0 Å². The fourth-order valence-corrected chi connectivity index (χ4v) is 3.95. The van der Waals surface area contributed by atoms with Crippen LogP contribution in [0.2, 0.25) is 9.36 Å². The van der Waals surface area contributed by atoms with Gasteiger partial charge in [0.25, 0.3) is 0 Å². The Kier molecular flexibility index (Phi) is 4.95. The van der Waals surface area contributed by atoms with Gasteiger partial charge in [-0.3, -0.25) is 4.68 Å². The van der Waals surface area contributed by atoms with Crippen LogP contribution in [0.3, 0.4) is 0 Å². The van der Waals surface area contributed by atoms with Gasteiger partial charge in [0.15, 0.2) is 0 Å². The summed E-state index contributed by atoms with van der Waals surface area (Å²) in [6.45, 7) is 2.00. The molecule has 0 aliphatic carbocycles. The molecule has 0 saturated carbocycles. The summed E-state index contributed by atoms with van der Waals surface area (Å²) in [5.41, 5.74) is 1.70. The van der Waals surface area contributed by atoms with E-state index in [-0.39, 0.29) is 0 Å². The van der Waals surface area contributed by atoms with E-state index in [1.54, 1.807) is 4.68 Å². The SMILES string of the molecule is CCc1nn(C)c(CC(O)c2cc(Br)c(Cl)s2)c1Cl. The molecular formula is C12H13BrCl2N2OS. The number of hydrogen-bond donors (Lipinski definition) is 1. The maximum absolute atomic E-state index is 10.3. The number of aryl methyl sites for hydroxylation is 2. The average Bonchev–Trinajstić information content (AvgIpc) is 2.84. The number of aliphatic hydroxyl groups excluding tert-OH is 1. The zero-order valence-electron chi connectivity index (χ0n) is 10.5. The molecular weight excluding hydrogens is 371 g/mol. The summed E-state index contributed by atoms with van der Waals surface area (Å²) in [4.78, 5) is 0.812. The maximum atomic E-state index is 10.3. The predicted molar refractivity (Wildman–Crippen MR) is 83.3 cm³/mol. The first-order valence-corrected chi connectivity index (χ1v) is 8.13. The summed E-state index contributed by atoms with van der Waals surface area (Å²) in [5, 5.41) is 15.3. The third-order valence-electron chi connectivity index (χ3n) is 2.88. The molecule has 0 radical (unpaired) electrons. The van der Waals surface area contributed by atoms with Gasteiger partial charge in [0.05, 0.1) is 22.5 Å². The molecule has 1 atom stereocenters. The number of rotatable bonds is 4. The van der Waals surface area contributed by atoms with E-state index in [9.17, 15) is 5.11 Å². The van der Waals surface area contributed by atoms with Gasteiger partial charge in [-0.05, 0) is 28.4 Å². The van der Waals surface area contributed by atoms with Crippen LogP contribution in [0.1, 0.15) is 29.3 Å². The molecule has 0 spiro atoms. The van der Waals surface area contributed by atoms with Crippen molar-refractivity contribution in [3.63, 3.8) is 0 Å². The molecule has 0 amide bonds. The average molecular weight is 384 g/mol. The van der Waals surface area contributed by atoms with Gasteiger partial charge in [0.2, 0.25) is 0 Å². The number of nitrogens with zero attached hydrogens (tertiary/aromatic N) is 2. The molecule has 2 heterocycles.